The number of halogens is 2. The predicted molar refractivity (Wildman–Crippen MR) is 132 cm³/mol. The Morgan fingerprint density at radius 2 is 1.91 bits per heavy atom. The molecule has 0 saturated heterocycles. The number of hydrogen-bond donors (Lipinski definition) is 0. The molecule has 3 aromatic rings. The smallest absolute Gasteiger partial charge is 0.415 e. The van der Waals surface area contributed by atoms with Crippen LogP contribution < -0.4 is 14.4 Å². The highest BCUT2D eigenvalue weighted by atomic mass is 35.5. The average Bonchev–Trinajstić information content (AvgIpc) is 3.56. The minimum Gasteiger partial charge on any atom is -0.474 e. The van der Waals surface area contributed by atoms with Gasteiger partial charge in [-0.25, -0.2) is 4.79 Å². The van der Waals surface area contributed by atoms with Gasteiger partial charge in [0.1, 0.15) is 36.0 Å². The van der Waals surface area contributed by atoms with Crippen LogP contribution in [0.4, 0.5) is 10.5 Å². The fourth-order valence-corrected chi connectivity index (χ4v) is 4.44. The number of aromatic nitrogens is 2. The third kappa shape index (κ3) is 5.04. The summed E-state index contributed by atoms with van der Waals surface area (Å²) in [5.41, 5.74) is 1.89. The van der Waals surface area contributed by atoms with Gasteiger partial charge in [0.25, 0.3) is 0 Å². The molecule has 5 rings (SSSR count). The number of nitrogens with zero attached hydrogens (tertiary/aromatic N) is 3. The lowest BCUT2D eigenvalue weighted by Crippen LogP contribution is -2.41. The number of benzene rings is 1. The van der Waals surface area contributed by atoms with Crippen molar-refractivity contribution in [2.45, 2.75) is 51.7 Å². The summed E-state index contributed by atoms with van der Waals surface area (Å²) in [5, 5.41) is 5.25. The Balaban J connectivity index is 1.39. The molecule has 8 nitrogen and oxygen atoms in total. The maximum atomic E-state index is 12.6. The lowest BCUT2D eigenvalue weighted by molar-refractivity contribution is 0.0566. The Labute approximate surface area is 213 Å². The molecule has 0 bridgehead atoms. The molecule has 1 aromatic carbocycles. The van der Waals surface area contributed by atoms with Crippen LogP contribution in [0.3, 0.4) is 0 Å². The zero-order chi connectivity index (χ0) is 24.7. The van der Waals surface area contributed by atoms with Gasteiger partial charge >= 0.3 is 6.09 Å². The van der Waals surface area contributed by atoms with Crippen molar-refractivity contribution in [2.75, 3.05) is 18.1 Å². The van der Waals surface area contributed by atoms with Gasteiger partial charge in [0.15, 0.2) is 0 Å². The third-order valence-electron chi connectivity index (χ3n) is 5.60. The van der Waals surface area contributed by atoms with E-state index in [-0.39, 0.29) is 6.61 Å². The van der Waals surface area contributed by atoms with Gasteiger partial charge in [-0.3, -0.25) is 4.90 Å². The summed E-state index contributed by atoms with van der Waals surface area (Å²) in [5.74, 6) is 1.73. The lowest BCUT2D eigenvalue weighted by Gasteiger charge is -2.31. The first kappa shape index (κ1) is 23.8. The molecule has 0 unspecified atom stereocenters. The van der Waals surface area contributed by atoms with Crippen LogP contribution in [0.1, 0.15) is 50.9 Å². The topological polar surface area (TPSA) is 86.9 Å². The van der Waals surface area contributed by atoms with Crippen molar-refractivity contribution >= 4 is 35.0 Å². The molecule has 1 amide bonds. The normalized spacial score (nSPS) is 15.4. The van der Waals surface area contributed by atoms with Crippen molar-refractivity contribution in [3.63, 3.8) is 0 Å². The second-order valence-electron chi connectivity index (χ2n) is 9.49. The summed E-state index contributed by atoms with van der Waals surface area (Å²) in [7, 11) is 0. The van der Waals surface area contributed by atoms with E-state index in [9.17, 15) is 4.79 Å². The van der Waals surface area contributed by atoms with Crippen molar-refractivity contribution < 1.29 is 23.5 Å². The molecule has 3 heterocycles. The first-order valence-corrected chi connectivity index (χ1v) is 12.2. The van der Waals surface area contributed by atoms with E-state index in [2.05, 4.69) is 10.1 Å². The van der Waals surface area contributed by atoms with Crippen LogP contribution in [-0.2, 0) is 11.3 Å². The van der Waals surface area contributed by atoms with Crippen LogP contribution in [0.25, 0.3) is 11.3 Å². The van der Waals surface area contributed by atoms with Gasteiger partial charge in [0, 0.05) is 17.5 Å². The molecule has 184 valence electrons. The summed E-state index contributed by atoms with van der Waals surface area (Å²) in [6.07, 6.45) is 1.62. The summed E-state index contributed by atoms with van der Waals surface area (Å²) in [4.78, 5) is 18.6. The van der Waals surface area contributed by atoms with Gasteiger partial charge in [-0.1, -0.05) is 34.4 Å². The van der Waals surface area contributed by atoms with Crippen LogP contribution in [0.15, 0.2) is 34.9 Å². The number of carbonyl (C=O) groups is 1. The van der Waals surface area contributed by atoms with E-state index in [0.29, 0.717) is 57.8 Å². The molecule has 1 aliphatic heterocycles. The molecule has 0 N–H and O–H groups in total. The highest BCUT2D eigenvalue weighted by molar-refractivity contribution is 6.39. The number of pyridine rings is 1. The molecule has 35 heavy (non-hydrogen) atoms. The minimum absolute atomic E-state index is 0.161. The monoisotopic (exact) mass is 517 g/mol. The minimum atomic E-state index is -0.605. The van der Waals surface area contributed by atoms with Gasteiger partial charge < -0.3 is 18.7 Å². The van der Waals surface area contributed by atoms with Gasteiger partial charge in [-0.05, 0) is 51.8 Å². The molecule has 0 spiro atoms. The second kappa shape index (κ2) is 9.24. The van der Waals surface area contributed by atoms with E-state index in [0.717, 1.165) is 24.2 Å². The zero-order valence-electron chi connectivity index (χ0n) is 19.6. The molecule has 2 aromatic heterocycles. The maximum absolute atomic E-state index is 12.6. The van der Waals surface area contributed by atoms with E-state index >= 15 is 0 Å². The third-order valence-corrected chi connectivity index (χ3v) is 6.23. The quantitative estimate of drug-likeness (QED) is 0.375. The standard InChI is InChI=1S/C25H25Cl2N3O5/c1-25(2,3)34-24(31)30-11-12-32-23-18(30)9-10-19(28-23)33-13-15-21(29-35-22(15)14-7-8-14)20-16(26)5-4-6-17(20)27/h4-6,9-10,14H,7-8,11-13H2,1-3H3. The molecule has 1 aliphatic carbocycles. The van der Waals surface area contributed by atoms with Gasteiger partial charge in [-0.15, -0.1) is 0 Å². The molecule has 10 heteroatoms. The predicted octanol–water partition coefficient (Wildman–Crippen LogP) is 6.63. The Bertz CT molecular complexity index is 1250. The van der Waals surface area contributed by atoms with E-state index in [1.54, 1.807) is 30.3 Å². The molecular weight excluding hydrogens is 493 g/mol. The summed E-state index contributed by atoms with van der Waals surface area (Å²) >= 11 is 12.9. The van der Waals surface area contributed by atoms with Gasteiger partial charge in [0.2, 0.25) is 11.8 Å². The second-order valence-corrected chi connectivity index (χ2v) is 10.3. The number of ether oxygens (including phenoxy) is 3. The van der Waals surface area contributed by atoms with Crippen molar-refractivity contribution in [3.8, 4) is 23.0 Å². The fraction of sp³-hybridized carbons (Fsp3) is 0.400. The van der Waals surface area contributed by atoms with Crippen LogP contribution in [-0.4, -0.2) is 35.0 Å². The molecule has 0 atom stereocenters. The van der Waals surface area contributed by atoms with Crippen LogP contribution in [0, 0.1) is 0 Å². The summed E-state index contributed by atoms with van der Waals surface area (Å²) < 4.78 is 22.9. The largest absolute Gasteiger partial charge is 0.474 e. The Kier molecular flexibility index (Phi) is 6.27. The summed E-state index contributed by atoms with van der Waals surface area (Å²) in [6, 6.07) is 8.73. The molecule has 1 saturated carbocycles. The Morgan fingerprint density at radius 1 is 1.17 bits per heavy atom. The number of hydrogen-bond acceptors (Lipinski definition) is 7. The first-order valence-electron chi connectivity index (χ1n) is 11.4. The molecule has 0 radical (unpaired) electrons. The number of amides is 1. The van der Waals surface area contributed by atoms with Crippen LogP contribution >= 0.6 is 23.2 Å². The van der Waals surface area contributed by atoms with E-state index in [1.165, 1.54) is 4.90 Å². The summed E-state index contributed by atoms with van der Waals surface area (Å²) in [6.45, 7) is 6.31. The molecule has 1 fully saturated rings. The number of fused-ring (bicyclic) bond motifs is 1. The van der Waals surface area contributed by atoms with E-state index in [4.69, 9.17) is 41.9 Å². The van der Waals surface area contributed by atoms with E-state index < -0.39 is 11.7 Å². The van der Waals surface area contributed by atoms with Crippen molar-refractivity contribution in [2.24, 2.45) is 0 Å². The highest BCUT2D eigenvalue weighted by Gasteiger charge is 2.34. The Morgan fingerprint density at radius 3 is 2.60 bits per heavy atom. The zero-order valence-corrected chi connectivity index (χ0v) is 21.2. The van der Waals surface area contributed by atoms with Crippen molar-refractivity contribution in [1.82, 2.24) is 10.1 Å². The number of anilines is 1. The van der Waals surface area contributed by atoms with Crippen LogP contribution in [0.5, 0.6) is 11.8 Å². The Hall–Kier alpha value is -2.97. The van der Waals surface area contributed by atoms with Crippen molar-refractivity contribution in [3.05, 3.63) is 51.7 Å². The maximum Gasteiger partial charge on any atom is 0.415 e. The number of carbonyl (C=O) groups excluding carboxylic acids is 1. The first-order chi connectivity index (χ1) is 16.7. The number of rotatable bonds is 5. The van der Waals surface area contributed by atoms with E-state index in [1.807, 2.05) is 20.8 Å². The lowest BCUT2D eigenvalue weighted by atomic mass is 10.0. The van der Waals surface area contributed by atoms with Crippen molar-refractivity contribution in [1.29, 1.82) is 0 Å². The fourth-order valence-electron chi connectivity index (χ4n) is 3.86. The molecule has 2 aliphatic rings. The van der Waals surface area contributed by atoms with Gasteiger partial charge in [0.05, 0.1) is 22.2 Å². The molecular formula is C25H25Cl2N3O5. The SMILES string of the molecule is CC(C)(C)OC(=O)N1CCOc2nc(OCc3c(-c4c(Cl)cccc4Cl)noc3C3CC3)ccc21. The average molecular weight is 518 g/mol. The highest BCUT2D eigenvalue weighted by Crippen LogP contribution is 2.46. The van der Waals surface area contributed by atoms with Crippen LogP contribution in [0.2, 0.25) is 10.0 Å². The van der Waals surface area contributed by atoms with Gasteiger partial charge in [-0.2, -0.15) is 4.98 Å².